The van der Waals surface area contributed by atoms with Crippen LogP contribution in [0.1, 0.15) is 38.1 Å². The summed E-state index contributed by atoms with van der Waals surface area (Å²) in [6.07, 6.45) is -8.55. The highest BCUT2D eigenvalue weighted by Gasteiger charge is 2.52. The van der Waals surface area contributed by atoms with E-state index in [1.54, 1.807) is 0 Å². The van der Waals surface area contributed by atoms with E-state index in [1.807, 2.05) is 0 Å². The maximum atomic E-state index is 14.5. The predicted octanol–water partition coefficient (Wildman–Crippen LogP) is -2.07. The van der Waals surface area contributed by atoms with E-state index in [4.69, 9.17) is 44.4 Å². The zero-order chi connectivity index (χ0) is 38.7. The van der Waals surface area contributed by atoms with Crippen LogP contribution in [0.15, 0.2) is 28.2 Å². The summed E-state index contributed by atoms with van der Waals surface area (Å²) in [7, 11) is -8.50. The molecule has 0 saturated carbocycles. The highest BCUT2D eigenvalue weighted by Crippen LogP contribution is 2.51. The van der Waals surface area contributed by atoms with E-state index >= 15 is 0 Å². The molecule has 25 nitrogen and oxygen atoms in total. The van der Waals surface area contributed by atoms with Crippen LogP contribution in [-0.2, 0) is 41.7 Å². The van der Waals surface area contributed by atoms with E-state index in [1.165, 1.54) is 30.3 Å². The van der Waals surface area contributed by atoms with Gasteiger partial charge in [-0.1, -0.05) is 6.42 Å². The van der Waals surface area contributed by atoms with Crippen LogP contribution in [0.25, 0.3) is 11.2 Å². The lowest BCUT2D eigenvalue weighted by Crippen LogP contribution is -2.39. The normalized spacial score (nSPS) is 27.3. The number of aromatic amines is 1. The smallest absolute Gasteiger partial charge is 0.469 e. The molecule has 0 unspecified atom stereocenters. The van der Waals surface area contributed by atoms with E-state index in [0.717, 1.165) is 4.57 Å². The molecule has 0 radical (unpaired) electrons. The molecule has 5 rings (SSSR count). The SMILES string of the molecule is CO[C@@H]1[C@H](O[P@@](=O)(NCCCCCC(=O)O)OC[C@H]2O[C@@H](n3ccc(N)nc3=O)[C@H](O)[C@@H]2O)[C@@H](COP(=O)(O)O)O[C@H]1n1cnc2c(=O)[nH]c(N)nc21. The van der Waals surface area contributed by atoms with Crippen molar-refractivity contribution in [3.8, 4) is 0 Å². The number of H-pyrrole nitrogens is 1. The van der Waals surface area contributed by atoms with Gasteiger partial charge in [-0.3, -0.25) is 37.3 Å². The molecule has 0 aromatic carbocycles. The first-order valence-corrected chi connectivity index (χ1v) is 18.9. The molecule has 11 N–H and O–H groups in total. The van der Waals surface area contributed by atoms with Gasteiger partial charge < -0.3 is 50.8 Å². The van der Waals surface area contributed by atoms with Crippen molar-refractivity contribution in [2.75, 3.05) is 38.3 Å². The molecule has 3 aromatic rings. The summed E-state index contributed by atoms with van der Waals surface area (Å²) in [4.78, 5) is 68.7. The zero-order valence-corrected chi connectivity index (χ0v) is 29.6. The molecule has 27 heteroatoms. The molecule has 0 amide bonds. The van der Waals surface area contributed by atoms with Gasteiger partial charge in [-0.15, -0.1) is 0 Å². The maximum absolute atomic E-state index is 14.5. The standard InChI is InChI=1S/C26H39N9O16P2/c1-46-20-19(13(10-48-53(43,44)45)50-24(20)35-11-29-16-21(35)32-25(28)33-22(16)40)51-52(42,30-7-4-2-3-5-15(36)37)47-9-12-17(38)18(39)23(49-12)34-8-6-14(27)31-26(34)41/h6,8,11-13,17-20,23-24,38-39H,2-5,7,9-10H2,1H3,(H,30,42)(H,36,37)(H2,27,31,41)(H2,43,44,45)(H3,28,32,33,40)/t12-,13-,17-,18-,19-,20-,23-,24-,52-/m1/s1. The van der Waals surface area contributed by atoms with Crippen LogP contribution in [0, 0.1) is 0 Å². The monoisotopic (exact) mass is 795 g/mol. The van der Waals surface area contributed by atoms with Gasteiger partial charge in [0.1, 0.15) is 42.4 Å². The topological polar surface area (TPSA) is 370 Å². The van der Waals surface area contributed by atoms with Crippen molar-refractivity contribution in [1.82, 2.24) is 34.2 Å². The number of carboxylic acid groups (broad SMARTS) is 1. The third-order valence-electron chi connectivity index (χ3n) is 8.19. The molecule has 0 bridgehead atoms. The number of phosphoric acid groups is 1. The average Bonchev–Trinajstić information content (AvgIpc) is 3.73. The number of aliphatic hydroxyl groups is 2. The van der Waals surface area contributed by atoms with E-state index in [0.29, 0.717) is 12.8 Å². The van der Waals surface area contributed by atoms with Crippen LogP contribution in [-0.4, -0.2) is 124 Å². The highest BCUT2D eigenvalue weighted by atomic mass is 31.2. The Morgan fingerprint density at radius 3 is 2.40 bits per heavy atom. The van der Waals surface area contributed by atoms with Crippen molar-refractivity contribution in [3.05, 3.63) is 39.4 Å². The summed E-state index contributed by atoms with van der Waals surface area (Å²) in [5, 5.41) is 33.0. The second kappa shape index (κ2) is 16.8. The number of rotatable bonds is 18. The number of aromatic nitrogens is 6. The molecule has 9 atom stereocenters. The van der Waals surface area contributed by atoms with Gasteiger partial charge in [0.05, 0.1) is 19.5 Å². The largest absolute Gasteiger partial charge is 0.481 e. The molecule has 0 spiro atoms. The van der Waals surface area contributed by atoms with Crippen molar-refractivity contribution in [2.24, 2.45) is 0 Å². The number of anilines is 2. The number of nitrogens with zero attached hydrogens (tertiary/aromatic N) is 5. The van der Waals surface area contributed by atoms with Gasteiger partial charge in [-0.2, -0.15) is 9.97 Å². The number of phosphoric ester groups is 1. The number of carbonyl (C=O) groups is 1. The lowest BCUT2D eigenvalue weighted by atomic mass is 10.1. The van der Waals surface area contributed by atoms with Crippen molar-refractivity contribution >= 4 is 44.5 Å². The summed E-state index contributed by atoms with van der Waals surface area (Å²) in [6, 6.07) is 1.27. The first-order valence-electron chi connectivity index (χ1n) is 15.9. The molecule has 3 aromatic heterocycles. The Labute approximate surface area is 298 Å². The summed E-state index contributed by atoms with van der Waals surface area (Å²) < 4.78 is 62.0. The van der Waals surface area contributed by atoms with E-state index in [-0.39, 0.29) is 42.3 Å². The third-order valence-corrected chi connectivity index (χ3v) is 10.3. The van der Waals surface area contributed by atoms with Crippen LogP contribution >= 0.6 is 15.6 Å². The van der Waals surface area contributed by atoms with Crippen molar-refractivity contribution in [1.29, 1.82) is 0 Å². The molecule has 294 valence electrons. The van der Waals surface area contributed by atoms with Gasteiger partial charge >= 0.3 is 27.2 Å². The van der Waals surface area contributed by atoms with Gasteiger partial charge in [0.2, 0.25) is 5.95 Å². The highest BCUT2D eigenvalue weighted by molar-refractivity contribution is 7.51. The van der Waals surface area contributed by atoms with Gasteiger partial charge in [-0.05, 0) is 18.9 Å². The molecule has 0 aliphatic carbocycles. The molecule has 53 heavy (non-hydrogen) atoms. The number of imidazole rings is 1. The molecule has 2 saturated heterocycles. The summed E-state index contributed by atoms with van der Waals surface area (Å²) in [5.74, 6) is -1.36. The van der Waals surface area contributed by atoms with E-state index in [2.05, 4.69) is 25.0 Å². The number of ether oxygens (including phenoxy) is 3. The Morgan fingerprint density at radius 1 is 1.00 bits per heavy atom. The molecule has 2 aliphatic heterocycles. The number of nitrogens with one attached hydrogen (secondary N) is 2. The lowest BCUT2D eigenvalue weighted by molar-refractivity contribution is -0.137. The second-order valence-electron chi connectivity index (χ2n) is 11.9. The first kappa shape index (κ1) is 40.5. The maximum Gasteiger partial charge on any atom is 0.469 e. The Bertz CT molecular complexity index is 1970. The van der Waals surface area contributed by atoms with Crippen LogP contribution in [0.4, 0.5) is 11.8 Å². The lowest BCUT2D eigenvalue weighted by Gasteiger charge is -2.29. The fourth-order valence-electron chi connectivity index (χ4n) is 5.70. The number of unbranched alkanes of at least 4 members (excludes halogenated alkanes) is 2. The Morgan fingerprint density at radius 2 is 1.72 bits per heavy atom. The van der Waals surface area contributed by atoms with Crippen molar-refractivity contribution < 1.29 is 66.8 Å². The number of hydrogen-bond donors (Lipinski definition) is 9. The number of hydrogen-bond acceptors (Lipinski definition) is 18. The molecule has 2 aliphatic rings. The minimum atomic E-state index is -5.10. The summed E-state index contributed by atoms with van der Waals surface area (Å²) in [6.45, 7) is -1.63. The molecule has 5 heterocycles. The molecular formula is C26H39N9O16P2. The summed E-state index contributed by atoms with van der Waals surface area (Å²) >= 11 is 0. The molecule has 2 fully saturated rings. The minimum absolute atomic E-state index is 0.0663. The fourth-order valence-corrected chi connectivity index (χ4v) is 7.62. The quantitative estimate of drug-likeness (QED) is 0.0493. The predicted molar refractivity (Wildman–Crippen MR) is 177 cm³/mol. The molecular weight excluding hydrogens is 756 g/mol. The van der Waals surface area contributed by atoms with Crippen molar-refractivity contribution in [3.63, 3.8) is 0 Å². The van der Waals surface area contributed by atoms with Gasteiger partial charge in [0.15, 0.2) is 23.6 Å². The minimum Gasteiger partial charge on any atom is -0.481 e. The number of aliphatic carboxylic acids is 1. The fraction of sp³-hybridized carbons (Fsp3) is 0.615. The average molecular weight is 796 g/mol. The van der Waals surface area contributed by atoms with Crippen molar-refractivity contribution in [2.45, 2.75) is 74.8 Å². The van der Waals surface area contributed by atoms with Crippen LogP contribution in [0.3, 0.4) is 0 Å². The van der Waals surface area contributed by atoms with Gasteiger partial charge in [-0.25, -0.2) is 24.0 Å². The first-order chi connectivity index (χ1) is 25.0. The number of fused-ring (bicyclic) bond motifs is 1. The van der Waals surface area contributed by atoms with Crippen LogP contribution in [0.5, 0.6) is 0 Å². The summed E-state index contributed by atoms with van der Waals surface area (Å²) in [5.41, 5.74) is 9.49. The van der Waals surface area contributed by atoms with Crippen LogP contribution in [0.2, 0.25) is 0 Å². The number of carboxylic acids is 1. The van der Waals surface area contributed by atoms with E-state index in [9.17, 15) is 43.5 Å². The Hall–Kier alpha value is -3.68. The van der Waals surface area contributed by atoms with Gasteiger partial charge in [0, 0.05) is 26.3 Å². The number of nitrogen functional groups attached to an aromatic ring is 2. The zero-order valence-electron chi connectivity index (χ0n) is 27.8. The second-order valence-corrected chi connectivity index (χ2v) is 14.9. The number of aliphatic hydroxyl groups excluding tert-OH is 2. The Balaban J connectivity index is 1.41. The number of methoxy groups -OCH3 is 1. The van der Waals surface area contributed by atoms with Gasteiger partial charge in [0.25, 0.3) is 5.56 Å². The third kappa shape index (κ3) is 9.71. The Kier molecular flexibility index (Phi) is 12.8. The van der Waals surface area contributed by atoms with E-state index < -0.39 is 95.1 Å². The number of nitrogens with two attached hydrogens (primary N) is 2. The van der Waals surface area contributed by atoms with Crippen LogP contribution < -0.4 is 27.8 Å².